The van der Waals surface area contributed by atoms with Gasteiger partial charge in [-0.05, 0) is 73.3 Å². The van der Waals surface area contributed by atoms with Crippen molar-refractivity contribution in [2.45, 2.75) is 135 Å². The number of carboxylic acid groups (broad SMARTS) is 7. The Kier molecular flexibility index (Phi) is 42.3. The second-order valence-corrected chi connectivity index (χ2v) is 28.7. The van der Waals surface area contributed by atoms with Crippen LogP contribution in [0.25, 0.3) is 0 Å². The molecule has 2 fully saturated rings. The monoisotopic (exact) mass is 1590 g/mol. The third-order valence-electron chi connectivity index (χ3n) is 19.9. The minimum absolute atomic E-state index is 0.00253. The maximum atomic E-state index is 14.3. The van der Waals surface area contributed by atoms with Gasteiger partial charge in [0.15, 0.2) is 11.6 Å². The third-order valence-corrected chi connectivity index (χ3v) is 19.9. The highest BCUT2D eigenvalue weighted by Gasteiger charge is 2.36. The summed E-state index contributed by atoms with van der Waals surface area (Å²) in [6.45, 7) is 6.58. The van der Waals surface area contributed by atoms with Gasteiger partial charge in [0, 0.05) is 163 Å². The fourth-order valence-corrected chi connectivity index (χ4v) is 13.3. The lowest BCUT2D eigenvalue weighted by atomic mass is 9.84. The Morgan fingerprint density at radius 3 is 1.25 bits per heavy atom. The minimum atomic E-state index is -1.43. The normalized spacial score (nSPS) is 17.3. The molecule has 2 aliphatic rings. The number of aliphatic hydroxyl groups is 1. The number of rotatable bonds is 46. The Hall–Kier alpha value is -10.1. The van der Waals surface area contributed by atoms with E-state index in [4.69, 9.17) is 5.73 Å². The van der Waals surface area contributed by atoms with Gasteiger partial charge in [-0.25, -0.2) is 0 Å². The number of carboxylic acids is 7. The van der Waals surface area contributed by atoms with E-state index in [-0.39, 0.29) is 200 Å². The molecule has 38 nitrogen and oxygen atoms in total. The second-order valence-electron chi connectivity index (χ2n) is 28.7. The average molecular weight is 1600 g/mol. The molecule has 0 aromatic heterocycles. The summed E-state index contributed by atoms with van der Waals surface area (Å²) < 4.78 is 0. The molecule has 38 heteroatoms. The summed E-state index contributed by atoms with van der Waals surface area (Å²) in [5.41, 5.74) is 7.30. The number of hydrogen-bond acceptors (Lipinski definition) is 25. The van der Waals surface area contributed by atoms with Crippen LogP contribution in [0.5, 0.6) is 5.75 Å². The van der Waals surface area contributed by atoms with E-state index in [0.29, 0.717) is 23.1 Å². The molecule has 0 saturated carbocycles. The molecule has 0 spiro atoms. The lowest BCUT2D eigenvalue weighted by Crippen LogP contribution is -2.52. The van der Waals surface area contributed by atoms with E-state index >= 15 is 0 Å². The number of benzene rings is 2. The van der Waals surface area contributed by atoms with Crippen molar-refractivity contribution in [2.24, 2.45) is 17.6 Å². The number of carbonyl (C=O) groups excluding carboxylic acids is 8. The summed E-state index contributed by atoms with van der Waals surface area (Å²) >= 11 is 0. The topological polar surface area (TPSA) is 550 Å². The molecule has 2 aromatic carbocycles. The Morgan fingerprint density at radius 1 is 0.442 bits per heavy atom. The summed E-state index contributed by atoms with van der Waals surface area (Å²) in [6, 6.07) is 6.32. The van der Waals surface area contributed by atoms with Crippen LogP contribution in [0.1, 0.15) is 102 Å². The number of aryl methyl sites for hydroxylation is 1. The summed E-state index contributed by atoms with van der Waals surface area (Å²) in [6.07, 6.45) is -2.06. The molecule has 6 amide bonds. The maximum Gasteiger partial charge on any atom is 0.320 e. The molecule has 0 radical (unpaired) electrons. The molecule has 113 heavy (non-hydrogen) atoms. The van der Waals surface area contributed by atoms with Crippen molar-refractivity contribution < 1.29 is 118 Å². The van der Waals surface area contributed by atoms with Crippen molar-refractivity contribution in [3.8, 4) is 5.75 Å². The van der Waals surface area contributed by atoms with E-state index in [9.17, 15) is 118 Å². The molecule has 628 valence electrons. The van der Waals surface area contributed by atoms with Gasteiger partial charge in [0.25, 0.3) is 0 Å². The average Bonchev–Trinajstić information content (AvgIpc) is 0.854. The van der Waals surface area contributed by atoms with Crippen molar-refractivity contribution in [3.05, 3.63) is 77.6 Å². The molecule has 2 aliphatic heterocycles. The lowest BCUT2D eigenvalue weighted by molar-refractivity contribution is -0.145. The van der Waals surface area contributed by atoms with Gasteiger partial charge < -0.3 is 78.3 Å². The number of aromatic hydroxyl groups is 1. The highest BCUT2D eigenvalue weighted by atomic mass is 16.4. The van der Waals surface area contributed by atoms with E-state index in [0.717, 1.165) is 0 Å². The molecular weight excluding hydrogens is 1480 g/mol. The number of ketones is 2. The maximum absolute atomic E-state index is 14.3. The fourth-order valence-electron chi connectivity index (χ4n) is 13.3. The zero-order valence-electron chi connectivity index (χ0n) is 64.6. The van der Waals surface area contributed by atoms with Crippen LogP contribution in [0.15, 0.2) is 60.9 Å². The number of phenols is 1. The Bertz CT molecular complexity index is 3470. The number of nitrogens with two attached hydrogens (primary N) is 1. The number of nitrogens with one attached hydrogen (secondary N) is 5. The van der Waals surface area contributed by atoms with Crippen LogP contribution in [0, 0.1) is 11.8 Å². The van der Waals surface area contributed by atoms with E-state index in [2.05, 4.69) is 33.2 Å². The van der Waals surface area contributed by atoms with E-state index in [1.165, 1.54) is 38.7 Å². The second kappa shape index (κ2) is 50.1. The number of carbonyl (C=O) groups is 15. The first-order valence-corrected chi connectivity index (χ1v) is 37.8. The first-order valence-electron chi connectivity index (χ1n) is 37.8. The van der Waals surface area contributed by atoms with Crippen LogP contribution < -0.4 is 32.3 Å². The molecule has 2 aromatic rings. The molecule has 4 rings (SSSR count). The molecule has 7 atom stereocenters. The molecular formula is C75H114N14O24. The van der Waals surface area contributed by atoms with Gasteiger partial charge in [-0.2, -0.15) is 0 Å². The fraction of sp³-hybridized carbons (Fsp3) is 0.613. The Balaban J connectivity index is 1.56. The summed E-state index contributed by atoms with van der Waals surface area (Å²) in [5.74, 6) is -15.1. The molecule has 16 N–H and O–H groups in total. The first kappa shape index (κ1) is 95.3. The standard InChI is InChI=1S/C75H114N14O24/c1-5-49(2)56(41-63(94)59(79-51(4)91)40-53-10-13-55(92)14-11-53)72(108)81-57(15-19-64(76)95)62(93)18-12-52-6-8-54(9-7-52)42-78-73(109)58(80-66(97)21-17-61(75(112)113)89-38-32-84(45-68(100)101)26-24-82(43-50(3)90)25-27-85(33-39-89)46-69(102)103)22-23-77-65(96)20-16-60(74(110)111)88-36-34-86(47-70(104)105)30-28-83(44-67(98)99)29-31-87(35-37-88)48-71(106)107/h6-11,13-14,49,56-61,90,92H,3,5,12,15-48H2,1-2,4H3,(H2,76,95)(H,77,96)(H,78,109)(H,79,91)(H,80,97)(H,81,108)(H,98,99)(H,100,101)(H,102,103)(H,104,105)(H,106,107)(H,110,111)(H,112,113)/t49?,56-,57-,58-,59-,60?,61?/m0/s1. The van der Waals surface area contributed by atoms with Gasteiger partial charge >= 0.3 is 41.8 Å². The highest BCUT2D eigenvalue weighted by molar-refractivity contribution is 5.95. The molecule has 3 unspecified atom stereocenters. The Labute approximate surface area is 656 Å². The summed E-state index contributed by atoms with van der Waals surface area (Å²) in [4.78, 5) is 207. The Morgan fingerprint density at radius 2 is 0.850 bits per heavy atom. The van der Waals surface area contributed by atoms with E-state index in [1.807, 2.05) is 6.92 Å². The summed E-state index contributed by atoms with van der Waals surface area (Å²) in [5, 5.41) is 103. The van der Waals surface area contributed by atoms with Crippen LogP contribution in [-0.2, 0) is 91.3 Å². The highest BCUT2D eigenvalue weighted by Crippen LogP contribution is 2.24. The van der Waals surface area contributed by atoms with Gasteiger partial charge in [-0.15, -0.1) is 0 Å². The number of phenolic OH excluding ortho intramolecular Hbond substituents is 1. The largest absolute Gasteiger partial charge is 0.512 e. The number of primary amides is 1. The van der Waals surface area contributed by atoms with Gasteiger partial charge in [-0.3, -0.25) is 111 Å². The van der Waals surface area contributed by atoms with Crippen molar-refractivity contribution in [1.82, 2.24) is 65.8 Å². The molecule has 0 bridgehead atoms. The SMILES string of the molecule is C=C(O)CN1CCN(CC(=O)O)CCN(C(CCC(=O)N[C@@H](CCNC(=O)CCC(C(=O)O)N2CCN(CC(=O)O)CCN(CC(=O)O)CCN(CC(=O)O)CC2)C(=O)NCc2ccc(CCC(=O)[C@H](CCC(N)=O)NC(=O)[C@@H](CC(=O)[C@H](Cc3ccc(O)cc3)NC(C)=O)C(C)CC)cc2)C(=O)O)CCN(CC(=O)O)CC1. The van der Waals surface area contributed by atoms with Crippen LogP contribution in [-0.4, -0.2) is 355 Å². The quantitative estimate of drug-likeness (QED) is 0.0320. The number of Topliss-reactive ketones (excluding diaryl/α,β-unsaturated/α-hetero) is 2. The number of nitrogens with zero attached hydrogens (tertiary/aromatic N) is 8. The van der Waals surface area contributed by atoms with Crippen LogP contribution >= 0.6 is 0 Å². The lowest BCUT2D eigenvalue weighted by Gasteiger charge is -2.35. The predicted molar refractivity (Wildman–Crippen MR) is 407 cm³/mol. The molecule has 2 heterocycles. The van der Waals surface area contributed by atoms with Crippen molar-refractivity contribution >= 4 is 88.8 Å². The van der Waals surface area contributed by atoms with Crippen molar-refractivity contribution in [3.63, 3.8) is 0 Å². The third kappa shape index (κ3) is 38.3. The van der Waals surface area contributed by atoms with E-state index in [1.54, 1.807) is 62.9 Å². The smallest absolute Gasteiger partial charge is 0.320 e. The number of aliphatic carboxylic acids is 7. The summed E-state index contributed by atoms with van der Waals surface area (Å²) in [7, 11) is 0. The van der Waals surface area contributed by atoms with Gasteiger partial charge in [0.2, 0.25) is 35.4 Å². The van der Waals surface area contributed by atoms with Crippen LogP contribution in [0.4, 0.5) is 0 Å². The van der Waals surface area contributed by atoms with Crippen molar-refractivity contribution in [2.75, 3.05) is 151 Å². The van der Waals surface area contributed by atoms with Crippen LogP contribution in [0.3, 0.4) is 0 Å². The number of aliphatic hydroxyl groups excluding tert-OH is 1. The van der Waals surface area contributed by atoms with Crippen LogP contribution in [0.2, 0.25) is 0 Å². The number of amides is 6. The van der Waals surface area contributed by atoms with E-state index < -0.39 is 170 Å². The van der Waals surface area contributed by atoms with Gasteiger partial charge in [0.05, 0.1) is 57.1 Å². The zero-order valence-corrected chi connectivity index (χ0v) is 64.6. The number of hydrogen-bond donors (Lipinski definition) is 15. The molecule has 0 aliphatic carbocycles. The first-order chi connectivity index (χ1) is 53.5. The predicted octanol–water partition coefficient (Wildman–Crippen LogP) is -1.97. The van der Waals surface area contributed by atoms with Crippen molar-refractivity contribution in [1.29, 1.82) is 0 Å². The van der Waals surface area contributed by atoms with Gasteiger partial charge in [-0.1, -0.05) is 63.2 Å². The van der Waals surface area contributed by atoms with Gasteiger partial charge in [0.1, 0.15) is 23.9 Å². The molecule has 2 saturated heterocycles. The minimum Gasteiger partial charge on any atom is -0.512 e. The zero-order chi connectivity index (χ0) is 83.9.